The molecule has 2 heterocycles. The van der Waals surface area contributed by atoms with Crippen LogP contribution in [0.5, 0.6) is 0 Å². The molecule has 170 valence electrons. The number of anilines is 1. The van der Waals surface area contributed by atoms with Crippen molar-refractivity contribution >= 4 is 28.7 Å². The topological polar surface area (TPSA) is 66.8 Å². The molecule has 3 aromatic rings. The van der Waals surface area contributed by atoms with Crippen molar-refractivity contribution in [1.82, 2.24) is 0 Å². The van der Waals surface area contributed by atoms with E-state index in [2.05, 4.69) is 5.38 Å². The lowest BCUT2D eigenvalue weighted by atomic mass is 9.89. The van der Waals surface area contributed by atoms with Crippen LogP contribution in [0.2, 0.25) is 0 Å². The minimum atomic E-state index is -0.720. The highest BCUT2D eigenvalue weighted by atomic mass is 32.1. The number of aliphatic hydroxyl groups is 1. The minimum Gasteiger partial charge on any atom is -0.503 e. The van der Waals surface area contributed by atoms with Gasteiger partial charge in [0.1, 0.15) is 0 Å². The van der Waals surface area contributed by atoms with Crippen LogP contribution in [-0.2, 0) is 20.9 Å². The molecule has 0 saturated carbocycles. The summed E-state index contributed by atoms with van der Waals surface area (Å²) in [6.07, 6.45) is 0.251. The van der Waals surface area contributed by atoms with Gasteiger partial charge in [0.25, 0.3) is 5.91 Å². The Balaban J connectivity index is 1.82. The molecule has 1 N–H and O–H groups in total. The predicted octanol–water partition coefficient (Wildman–Crippen LogP) is 6.08. The lowest BCUT2D eigenvalue weighted by Crippen LogP contribution is -2.31. The summed E-state index contributed by atoms with van der Waals surface area (Å²) in [5.41, 5.74) is 4.55. The number of nitrogens with zero attached hydrogens (tertiary/aromatic N) is 1. The second-order valence-corrected chi connectivity index (χ2v) is 9.33. The Hall–Kier alpha value is -3.22. The number of thiophene rings is 1. The second kappa shape index (κ2) is 9.73. The first-order valence-corrected chi connectivity index (χ1v) is 11.9. The number of amides is 1. The van der Waals surface area contributed by atoms with Crippen molar-refractivity contribution in [2.45, 2.75) is 32.9 Å². The maximum absolute atomic E-state index is 13.3. The van der Waals surface area contributed by atoms with E-state index < -0.39 is 17.7 Å². The van der Waals surface area contributed by atoms with Crippen molar-refractivity contribution in [2.24, 2.45) is 5.92 Å². The molecule has 0 radical (unpaired) electrons. The lowest BCUT2D eigenvalue weighted by molar-refractivity contribution is -0.118. The molecule has 6 heteroatoms. The largest absolute Gasteiger partial charge is 0.503 e. The van der Waals surface area contributed by atoms with Crippen LogP contribution in [0.15, 0.2) is 76.7 Å². The molecular weight excluding hydrogens is 434 g/mol. The van der Waals surface area contributed by atoms with Gasteiger partial charge in [0.05, 0.1) is 18.2 Å². The highest BCUT2D eigenvalue weighted by molar-refractivity contribution is 7.08. The Morgan fingerprint density at radius 2 is 1.82 bits per heavy atom. The molecule has 33 heavy (non-hydrogen) atoms. The molecule has 0 unspecified atom stereocenters. The predicted molar refractivity (Wildman–Crippen MR) is 131 cm³/mol. The molecule has 1 aliphatic rings. The first kappa shape index (κ1) is 23.0. The van der Waals surface area contributed by atoms with Crippen LogP contribution in [0.4, 0.5) is 5.69 Å². The van der Waals surface area contributed by atoms with E-state index >= 15 is 0 Å². The van der Waals surface area contributed by atoms with Crippen molar-refractivity contribution < 1.29 is 19.4 Å². The number of hydrogen-bond acceptors (Lipinski definition) is 5. The van der Waals surface area contributed by atoms with E-state index in [9.17, 15) is 14.7 Å². The van der Waals surface area contributed by atoms with Crippen LogP contribution < -0.4 is 4.90 Å². The average Bonchev–Trinajstić information content (AvgIpc) is 3.42. The molecule has 0 spiro atoms. The maximum Gasteiger partial charge on any atom is 0.294 e. The zero-order chi connectivity index (χ0) is 23.5. The van der Waals surface area contributed by atoms with Crippen molar-refractivity contribution in [1.29, 1.82) is 0 Å². The standard InChI is InChI=1S/C27H27NO4S/c1-17(2)14-23(29)24-25(22-7-5-4-6-19(22)15-32-3)28(27(31)26(24)30)21-10-8-18(9-11-21)20-12-13-33-16-20/h4-13,16-17,25,30H,14-15H2,1-3H3/t25-/m1/s1. The van der Waals surface area contributed by atoms with E-state index in [1.165, 1.54) is 4.90 Å². The lowest BCUT2D eigenvalue weighted by Gasteiger charge is -2.29. The number of rotatable bonds is 8. The fraction of sp³-hybridized carbons (Fsp3) is 0.259. The number of methoxy groups -OCH3 is 1. The number of benzene rings is 2. The summed E-state index contributed by atoms with van der Waals surface area (Å²) in [6, 6.07) is 16.5. The van der Waals surface area contributed by atoms with Crippen LogP contribution in [0.25, 0.3) is 11.1 Å². The van der Waals surface area contributed by atoms with Crippen molar-refractivity contribution in [3.05, 3.63) is 87.8 Å². The highest BCUT2D eigenvalue weighted by Gasteiger charge is 2.44. The number of ketones is 1. The molecule has 0 fully saturated rings. The minimum absolute atomic E-state index is 0.0988. The van der Waals surface area contributed by atoms with Gasteiger partial charge in [-0.15, -0.1) is 0 Å². The first-order valence-electron chi connectivity index (χ1n) is 10.9. The SMILES string of the molecule is COCc1ccccc1[C@@H]1C(C(=O)CC(C)C)=C(O)C(=O)N1c1ccc(-c2ccsc2)cc1. The summed E-state index contributed by atoms with van der Waals surface area (Å²) < 4.78 is 5.37. The molecular formula is C27H27NO4S. The van der Waals surface area contributed by atoms with Crippen LogP contribution >= 0.6 is 11.3 Å². The van der Waals surface area contributed by atoms with Crippen LogP contribution in [-0.4, -0.2) is 23.9 Å². The summed E-state index contributed by atoms with van der Waals surface area (Å²) in [6.45, 7) is 4.22. The third-order valence-corrected chi connectivity index (χ3v) is 6.43. The third kappa shape index (κ3) is 4.49. The molecule has 1 aliphatic heterocycles. The van der Waals surface area contributed by atoms with Gasteiger partial charge in [0.2, 0.25) is 0 Å². The van der Waals surface area contributed by atoms with Crippen LogP contribution in [0, 0.1) is 5.92 Å². The van der Waals surface area contributed by atoms with E-state index in [0.29, 0.717) is 12.3 Å². The monoisotopic (exact) mass is 461 g/mol. The maximum atomic E-state index is 13.3. The van der Waals surface area contributed by atoms with Crippen molar-refractivity contribution in [3.8, 4) is 11.1 Å². The van der Waals surface area contributed by atoms with E-state index in [4.69, 9.17) is 4.74 Å². The van der Waals surface area contributed by atoms with Gasteiger partial charge in [0.15, 0.2) is 11.5 Å². The summed E-state index contributed by atoms with van der Waals surface area (Å²) in [5.74, 6) is -1.16. The third-order valence-electron chi connectivity index (χ3n) is 5.75. The van der Waals surface area contributed by atoms with E-state index in [0.717, 1.165) is 22.3 Å². The Bertz CT molecular complexity index is 1180. The Kier molecular flexibility index (Phi) is 6.77. The quantitative estimate of drug-likeness (QED) is 0.442. The summed E-state index contributed by atoms with van der Waals surface area (Å²) in [7, 11) is 1.61. The van der Waals surface area contributed by atoms with Gasteiger partial charge in [0, 0.05) is 19.2 Å². The average molecular weight is 462 g/mol. The van der Waals surface area contributed by atoms with Crippen LogP contribution in [0.3, 0.4) is 0 Å². The number of ether oxygens (including phenoxy) is 1. The first-order chi connectivity index (χ1) is 15.9. The molecule has 1 atom stereocenters. The molecule has 4 rings (SSSR count). The summed E-state index contributed by atoms with van der Waals surface area (Å²) >= 11 is 1.62. The molecule has 1 amide bonds. The highest BCUT2D eigenvalue weighted by Crippen LogP contribution is 2.43. The summed E-state index contributed by atoms with van der Waals surface area (Å²) in [4.78, 5) is 28.1. The second-order valence-electron chi connectivity index (χ2n) is 8.55. The molecule has 0 aliphatic carbocycles. The van der Waals surface area contributed by atoms with Gasteiger partial charge in [-0.25, -0.2) is 0 Å². The fourth-order valence-corrected chi connectivity index (χ4v) is 4.93. The van der Waals surface area contributed by atoms with Gasteiger partial charge in [-0.05, 0) is 57.1 Å². The van der Waals surface area contributed by atoms with Crippen molar-refractivity contribution in [2.75, 3.05) is 12.0 Å². The molecule has 5 nitrogen and oxygen atoms in total. The van der Waals surface area contributed by atoms with Gasteiger partial charge >= 0.3 is 0 Å². The fourth-order valence-electron chi connectivity index (χ4n) is 4.26. The van der Waals surface area contributed by atoms with Gasteiger partial charge in [-0.1, -0.05) is 50.2 Å². The van der Waals surface area contributed by atoms with E-state index in [-0.39, 0.29) is 23.7 Å². The van der Waals surface area contributed by atoms with E-state index in [1.807, 2.05) is 73.8 Å². The van der Waals surface area contributed by atoms with Gasteiger partial charge in [-0.2, -0.15) is 11.3 Å². The molecule has 2 aromatic carbocycles. The normalized spacial score (nSPS) is 16.2. The van der Waals surface area contributed by atoms with Gasteiger partial charge < -0.3 is 9.84 Å². The van der Waals surface area contributed by atoms with Crippen LogP contribution in [0.1, 0.15) is 37.4 Å². The Labute approximate surface area is 197 Å². The number of aliphatic hydroxyl groups excluding tert-OH is 1. The number of Topliss-reactive ketones (excluding diaryl/α,β-unsaturated/α-hetero) is 1. The Morgan fingerprint density at radius 1 is 1.09 bits per heavy atom. The molecule has 0 bridgehead atoms. The number of carbonyl (C=O) groups excluding carboxylic acids is 2. The summed E-state index contributed by atoms with van der Waals surface area (Å²) in [5, 5.41) is 15.0. The zero-order valence-electron chi connectivity index (χ0n) is 18.9. The van der Waals surface area contributed by atoms with Crippen molar-refractivity contribution in [3.63, 3.8) is 0 Å². The zero-order valence-corrected chi connectivity index (χ0v) is 19.8. The Morgan fingerprint density at radius 3 is 2.45 bits per heavy atom. The number of hydrogen-bond donors (Lipinski definition) is 1. The number of carbonyl (C=O) groups is 2. The van der Waals surface area contributed by atoms with Gasteiger partial charge in [-0.3, -0.25) is 14.5 Å². The molecule has 1 aromatic heterocycles. The van der Waals surface area contributed by atoms with E-state index in [1.54, 1.807) is 18.4 Å². The smallest absolute Gasteiger partial charge is 0.294 e. The molecule has 0 saturated heterocycles.